The van der Waals surface area contributed by atoms with Gasteiger partial charge in [0, 0.05) is 17.6 Å². The van der Waals surface area contributed by atoms with Crippen molar-refractivity contribution < 1.29 is 4.79 Å². The molecule has 1 aliphatic carbocycles. The van der Waals surface area contributed by atoms with Crippen LogP contribution in [0.25, 0.3) is 0 Å². The predicted octanol–water partition coefficient (Wildman–Crippen LogP) is 4.75. The molecule has 1 saturated carbocycles. The van der Waals surface area contributed by atoms with E-state index in [1.54, 1.807) is 12.1 Å². The van der Waals surface area contributed by atoms with Gasteiger partial charge >= 0.3 is 0 Å². The first kappa shape index (κ1) is 14.9. The summed E-state index contributed by atoms with van der Waals surface area (Å²) in [5.41, 5.74) is 0.588. The molecule has 0 spiro atoms. The van der Waals surface area contributed by atoms with Crippen molar-refractivity contribution in [3.63, 3.8) is 0 Å². The number of hydrogen-bond acceptors (Lipinski definition) is 1. The molecule has 2 unspecified atom stereocenters. The minimum absolute atomic E-state index is 0.0243. The van der Waals surface area contributed by atoms with Crippen LogP contribution in [0.1, 0.15) is 43.0 Å². The van der Waals surface area contributed by atoms with Crippen molar-refractivity contribution >= 4 is 33.4 Å². The molecule has 0 aliphatic heterocycles. The van der Waals surface area contributed by atoms with E-state index in [0.717, 1.165) is 10.9 Å². The molecule has 0 aromatic heterocycles. The molecule has 1 aromatic carbocycles. The van der Waals surface area contributed by atoms with Crippen LogP contribution in [0.2, 0.25) is 5.02 Å². The van der Waals surface area contributed by atoms with E-state index in [1.165, 1.54) is 19.3 Å². The number of nitrogens with zero attached hydrogens (tertiary/aromatic N) is 1. The molecule has 1 fully saturated rings. The molecular formula is C15H19BrClNO. The summed E-state index contributed by atoms with van der Waals surface area (Å²) in [6, 6.07) is 5.75. The lowest BCUT2D eigenvalue weighted by molar-refractivity contribution is 0.0629. The van der Waals surface area contributed by atoms with E-state index in [-0.39, 0.29) is 5.91 Å². The Labute approximate surface area is 128 Å². The van der Waals surface area contributed by atoms with Crippen molar-refractivity contribution in [2.24, 2.45) is 5.92 Å². The molecule has 104 valence electrons. The molecule has 1 aromatic rings. The monoisotopic (exact) mass is 343 g/mol. The lowest BCUT2D eigenvalue weighted by Gasteiger charge is -2.36. The SMILES string of the molecule is CC1CCCCC1N(C)C(=O)c1ccc(Br)cc1Cl. The minimum atomic E-state index is 0.0243. The highest BCUT2D eigenvalue weighted by Gasteiger charge is 2.29. The number of hydrogen-bond donors (Lipinski definition) is 0. The lowest BCUT2D eigenvalue weighted by Crippen LogP contribution is -2.42. The first-order valence-electron chi connectivity index (χ1n) is 6.73. The number of carbonyl (C=O) groups excluding carboxylic acids is 1. The van der Waals surface area contributed by atoms with Gasteiger partial charge in [-0.15, -0.1) is 0 Å². The number of halogens is 2. The third-order valence-electron chi connectivity index (χ3n) is 4.05. The Morgan fingerprint density at radius 2 is 2.05 bits per heavy atom. The van der Waals surface area contributed by atoms with Crippen LogP contribution in [-0.2, 0) is 0 Å². The van der Waals surface area contributed by atoms with E-state index in [2.05, 4.69) is 22.9 Å². The predicted molar refractivity (Wildman–Crippen MR) is 82.7 cm³/mol. The largest absolute Gasteiger partial charge is 0.338 e. The second-order valence-corrected chi connectivity index (χ2v) is 6.69. The van der Waals surface area contributed by atoms with Crippen LogP contribution in [0.15, 0.2) is 22.7 Å². The Morgan fingerprint density at radius 1 is 1.37 bits per heavy atom. The topological polar surface area (TPSA) is 20.3 Å². The van der Waals surface area contributed by atoms with E-state index in [0.29, 0.717) is 22.5 Å². The summed E-state index contributed by atoms with van der Waals surface area (Å²) >= 11 is 9.53. The Kier molecular flexibility index (Phi) is 4.91. The van der Waals surface area contributed by atoms with Crippen LogP contribution in [0, 0.1) is 5.92 Å². The first-order chi connectivity index (χ1) is 9.00. The molecule has 19 heavy (non-hydrogen) atoms. The van der Waals surface area contributed by atoms with E-state index in [9.17, 15) is 4.79 Å². The number of amides is 1. The average molecular weight is 345 g/mol. The van der Waals surface area contributed by atoms with Crippen LogP contribution < -0.4 is 0 Å². The lowest BCUT2D eigenvalue weighted by atomic mass is 9.85. The van der Waals surface area contributed by atoms with Crippen molar-refractivity contribution in [1.29, 1.82) is 0 Å². The molecule has 1 aliphatic rings. The van der Waals surface area contributed by atoms with Crippen LogP contribution in [0.4, 0.5) is 0 Å². The zero-order valence-electron chi connectivity index (χ0n) is 11.3. The minimum Gasteiger partial charge on any atom is -0.338 e. The molecule has 4 heteroatoms. The van der Waals surface area contributed by atoms with E-state index in [4.69, 9.17) is 11.6 Å². The second-order valence-electron chi connectivity index (χ2n) is 5.37. The molecule has 0 bridgehead atoms. The highest BCUT2D eigenvalue weighted by Crippen LogP contribution is 2.29. The summed E-state index contributed by atoms with van der Waals surface area (Å²) < 4.78 is 0.891. The fourth-order valence-electron chi connectivity index (χ4n) is 2.88. The van der Waals surface area contributed by atoms with Gasteiger partial charge in [-0.25, -0.2) is 0 Å². The fourth-order valence-corrected chi connectivity index (χ4v) is 3.63. The Balaban J connectivity index is 2.18. The smallest absolute Gasteiger partial charge is 0.255 e. The zero-order valence-corrected chi connectivity index (χ0v) is 13.7. The van der Waals surface area contributed by atoms with E-state index < -0.39 is 0 Å². The zero-order chi connectivity index (χ0) is 14.0. The summed E-state index contributed by atoms with van der Waals surface area (Å²) in [6.45, 7) is 2.23. The van der Waals surface area contributed by atoms with Gasteiger partial charge in [-0.05, 0) is 37.0 Å². The van der Waals surface area contributed by atoms with Gasteiger partial charge < -0.3 is 4.90 Å². The van der Waals surface area contributed by atoms with Crippen LogP contribution in [0.3, 0.4) is 0 Å². The van der Waals surface area contributed by atoms with Gasteiger partial charge in [-0.1, -0.05) is 47.3 Å². The van der Waals surface area contributed by atoms with Gasteiger partial charge in [0.25, 0.3) is 5.91 Å². The van der Waals surface area contributed by atoms with Gasteiger partial charge in [0.15, 0.2) is 0 Å². The highest BCUT2D eigenvalue weighted by atomic mass is 79.9. The molecule has 0 N–H and O–H groups in total. The molecule has 0 saturated heterocycles. The van der Waals surface area contributed by atoms with Gasteiger partial charge in [-0.2, -0.15) is 0 Å². The molecule has 1 amide bonds. The number of benzene rings is 1. The molecule has 2 nitrogen and oxygen atoms in total. The standard InChI is InChI=1S/C15H19BrClNO/c1-10-5-3-4-6-14(10)18(2)15(19)12-8-7-11(16)9-13(12)17/h7-10,14H,3-6H2,1-2H3. The van der Waals surface area contributed by atoms with E-state index >= 15 is 0 Å². The third-order valence-corrected chi connectivity index (χ3v) is 4.85. The van der Waals surface area contributed by atoms with Crippen LogP contribution in [-0.4, -0.2) is 23.9 Å². The summed E-state index contributed by atoms with van der Waals surface area (Å²) in [5, 5.41) is 0.509. The van der Waals surface area contributed by atoms with Crippen molar-refractivity contribution in [2.45, 2.75) is 38.6 Å². The van der Waals surface area contributed by atoms with Gasteiger partial charge in [0.1, 0.15) is 0 Å². The van der Waals surface area contributed by atoms with Gasteiger partial charge in [0.05, 0.1) is 10.6 Å². The molecule has 2 rings (SSSR count). The third kappa shape index (κ3) is 3.32. The van der Waals surface area contributed by atoms with Crippen LogP contribution >= 0.6 is 27.5 Å². The maximum Gasteiger partial charge on any atom is 0.255 e. The van der Waals surface area contributed by atoms with Crippen molar-refractivity contribution in [3.8, 4) is 0 Å². The van der Waals surface area contributed by atoms with Crippen molar-refractivity contribution in [3.05, 3.63) is 33.3 Å². The molecule has 2 atom stereocenters. The quantitative estimate of drug-likeness (QED) is 0.758. The first-order valence-corrected chi connectivity index (χ1v) is 7.90. The Hall–Kier alpha value is -0.540. The number of rotatable bonds is 2. The van der Waals surface area contributed by atoms with Crippen molar-refractivity contribution in [1.82, 2.24) is 4.90 Å². The molecular weight excluding hydrogens is 326 g/mol. The van der Waals surface area contributed by atoms with Crippen LogP contribution in [0.5, 0.6) is 0 Å². The Bertz CT molecular complexity index is 477. The average Bonchev–Trinajstić information content (AvgIpc) is 2.38. The molecule has 0 radical (unpaired) electrons. The highest BCUT2D eigenvalue weighted by molar-refractivity contribution is 9.10. The normalized spacial score (nSPS) is 23.2. The second kappa shape index (κ2) is 6.27. The summed E-state index contributed by atoms with van der Waals surface area (Å²) in [4.78, 5) is 14.4. The Morgan fingerprint density at radius 3 is 2.68 bits per heavy atom. The summed E-state index contributed by atoms with van der Waals surface area (Å²) in [7, 11) is 1.90. The molecule has 0 heterocycles. The summed E-state index contributed by atoms with van der Waals surface area (Å²) in [6.07, 6.45) is 4.79. The number of carbonyl (C=O) groups is 1. The van der Waals surface area contributed by atoms with Gasteiger partial charge in [0.2, 0.25) is 0 Å². The summed E-state index contributed by atoms with van der Waals surface area (Å²) in [5.74, 6) is 0.591. The maximum absolute atomic E-state index is 12.5. The van der Waals surface area contributed by atoms with Crippen molar-refractivity contribution in [2.75, 3.05) is 7.05 Å². The van der Waals surface area contributed by atoms with Gasteiger partial charge in [-0.3, -0.25) is 4.79 Å². The van der Waals surface area contributed by atoms with E-state index in [1.807, 2.05) is 18.0 Å². The fraction of sp³-hybridized carbons (Fsp3) is 0.533. The maximum atomic E-state index is 12.5.